The zero-order valence-corrected chi connectivity index (χ0v) is 14.1. The number of hydrogen-bond donors (Lipinski definition) is 2. The van der Waals surface area contributed by atoms with Crippen molar-refractivity contribution in [3.05, 3.63) is 53.3 Å². The third-order valence-corrected chi connectivity index (χ3v) is 5.19. The number of benzene rings is 1. The predicted molar refractivity (Wildman–Crippen MR) is 92.8 cm³/mol. The van der Waals surface area contributed by atoms with Gasteiger partial charge in [0, 0.05) is 31.6 Å². The summed E-state index contributed by atoms with van der Waals surface area (Å²) in [6.45, 7) is 0.620. The van der Waals surface area contributed by atoms with Crippen molar-refractivity contribution in [2.24, 2.45) is 0 Å². The van der Waals surface area contributed by atoms with Gasteiger partial charge in [0.25, 0.3) is 0 Å². The third-order valence-electron chi connectivity index (χ3n) is 5.19. The van der Waals surface area contributed by atoms with Gasteiger partial charge in [0.05, 0.1) is 12.2 Å². The molecular weight excluding hydrogens is 316 g/mol. The van der Waals surface area contributed by atoms with Gasteiger partial charge in [-0.2, -0.15) is 5.10 Å². The number of hydrogen-bond acceptors (Lipinski definition) is 3. The summed E-state index contributed by atoms with van der Waals surface area (Å²) in [5.41, 5.74) is 3.70. The molecule has 4 rings (SSSR count). The van der Waals surface area contributed by atoms with Crippen LogP contribution in [0.3, 0.4) is 0 Å². The van der Waals surface area contributed by atoms with Gasteiger partial charge in [0.1, 0.15) is 0 Å². The van der Waals surface area contributed by atoms with Crippen LogP contribution < -0.4 is 5.32 Å². The first kappa shape index (κ1) is 15.9. The summed E-state index contributed by atoms with van der Waals surface area (Å²) in [6.07, 6.45) is 6.85. The fourth-order valence-corrected chi connectivity index (χ4v) is 3.91. The van der Waals surface area contributed by atoms with Crippen molar-refractivity contribution in [2.45, 2.75) is 44.2 Å². The second-order valence-corrected chi connectivity index (χ2v) is 6.95. The SMILES string of the molecule is O=C(CCc1cn[nH]c1)NC1CC(=O)N(C2Cc3ccccc3C2)C1. The molecule has 1 atom stereocenters. The lowest BCUT2D eigenvalue weighted by Crippen LogP contribution is -2.41. The average Bonchev–Trinajstić information content (AvgIpc) is 3.32. The van der Waals surface area contributed by atoms with Gasteiger partial charge < -0.3 is 10.2 Å². The van der Waals surface area contributed by atoms with Crippen molar-refractivity contribution >= 4 is 11.8 Å². The van der Waals surface area contributed by atoms with Crippen LogP contribution in [-0.4, -0.2) is 45.5 Å². The number of carbonyl (C=O) groups excluding carboxylic acids is 2. The third kappa shape index (κ3) is 3.43. The summed E-state index contributed by atoms with van der Waals surface area (Å²) in [5.74, 6) is 0.147. The molecule has 0 radical (unpaired) electrons. The maximum Gasteiger partial charge on any atom is 0.225 e. The van der Waals surface area contributed by atoms with E-state index in [1.165, 1.54) is 11.1 Å². The predicted octanol–water partition coefficient (Wildman–Crippen LogP) is 1.23. The average molecular weight is 338 g/mol. The Kier molecular flexibility index (Phi) is 4.26. The van der Waals surface area contributed by atoms with Crippen LogP contribution in [0.1, 0.15) is 29.5 Å². The van der Waals surface area contributed by atoms with E-state index in [-0.39, 0.29) is 23.9 Å². The Hall–Kier alpha value is -2.63. The van der Waals surface area contributed by atoms with Crippen LogP contribution in [-0.2, 0) is 28.9 Å². The molecule has 1 aliphatic carbocycles. The zero-order valence-electron chi connectivity index (χ0n) is 14.1. The number of amides is 2. The molecule has 6 heteroatoms. The second-order valence-electron chi connectivity index (χ2n) is 6.95. The summed E-state index contributed by atoms with van der Waals surface area (Å²) in [7, 11) is 0. The first-order valence-electron chi connectivity index (χ1n) is 8.82. The van der Waals surface area contributed by atoms with E-state index in [9.17, 15) is 9.59 Å². The van der Waals surface area contributed by atoms with Crippen LogP contribution in [0, 0.1) is 0 Å². The van der Waals surface area contributed by atoms with Gasteiger partial charge in [-0.1, -0.05) is 24.3 Å². The van der Waals surface area contributed by atoms with Crippen molar-refractivity contribution in [1.29, 1.82) is 0 Å². The molecule has 2 aliphatic rings. The molecule has 1 saturated heterocycles. The summed E-state index contributed by atoms with van der Waals surface area (Å²) in [5, 5.41) is 9.63. The maximum atomic E-state index is 12.4. The smallest absolute Gasteiger partial charge is 0.225 e. The monoisotopic (exact) mass is 338 g/mol. The van der Waals surface area contributed by atoms with Gasteiger partial charge in [0.15, 0.2) is 0 Å². The molecule has 1 aromatic heterocycles. The first-order chi connectivity index (χ1) is 12.2. The number of aromatic amines is 1. The van der Waals surface area contributed by atoms with Crippen molar-refractivity contribution < 1.29 is 9.59 Å². The zero-order chi connectivity index (χ0) is 17.2. The minimum Gasteiger partial charge on any atom is -0.351 e. The lowest BCUT2D eigenvalue weighted by atomic mass is 10.1. The van der Waals surface area contributed by atoms with Crippen molar-refractivity contribution in [2.75, 3.05) is 6.54 Å². The molecule has 0 spiro atoms. The van der Waals surface area contributed by atoms with E-state index in [4.69, 9.17) is 0 Å². The van der Waals surface area contributed by atoms with E-state index in [2.05, 4.69) is 39.8 Å². The summed E-state index contributed by atoms with van der Waals surface area (Å²) < 4.78 is 0. The molecule has 130 valence electrons. The normalized spacial score (nSPS) is 20.1. The quantitative estimate of drug-likeness (QED) is 0.861. The largest absolute Gasteiger partial charge is 0.351 e. The minimum atomic E-state index is -0.0759. The fraction of sp³-hybridized carbons (Fsp3) is 0.421. The number of carbonyl (C=O) groups is 2. The molecule has 2 heterocycles. The number of aryl methyl sites for hydroxylation is 1. The lowest BCUT2D eigenvalue weighted by Gasteiger charge is -2.24. The Morgan fingerprint density at radius 2 is 2.00 bits per heavy atom. The van der Waals surface area contributed by atoms with Gasteiger partial charge in [0.2, 0.25) is 11.8 Å². The molecule has 1 fully saturated rings. The molecule has 2 amide bonds. The fourth-order valence-electron chi connectivity index (χ4n) is 3.91. The highest BCUT2D eigenvalue weighted by Crippen LogP contribution is 2.28. The van der Waals surface area contributed by atoms with Gasteiger partial charge >= 0.3 is 0 Å². The molecule has 1 unspecified atom stereocenters. The number of likely N-dealkylation sites (tertiary alicyclic amines) is 1. The van der Waals surface area contributed by atoms with E-state index >= 15 is 0 Å². The van der Waals surface area contributed by atoms with Crippen molar-refractivity contribution in [3.63, 3.8) is 0 Å². The Bertz CT molecular complexity index is 746. The molecule has 2 aromatic rings. The number of rotatable bonds is 5. The van der Waals surface area contributed by atoms with E-state index in [0.29, 0.717) is 25.8 Å². The molecular formula is C19H22N4O2. The van der Waals surface area contributed by atoms with Crippen LogP contribution in [0.15, 0.2) is 36.7 Å². The van der Waals surface area contributed by atoms with Crippen LogP contribution in [0.2, 0.25) is 0 Å². The highest BCUT2D eigenvalue weighted by atomic mass is 16.2. The highest BCUT2D eigenvalue weighted by Gasteiger charge is 2.37. The highest BCUT2D eigenvalue weighted by molar-refractivity contribution is 5.82. The standard InChI is InChI=1S/C19H22N4O2/c24-18(6-5-13-10-20-21-11-13)22-16-9-19(25)23(12-16)17-7-14-3-1-2-4-15(14)8-17/h1-4,10-11,16-17H,5-9,12H2,(H,20,21)(H,22,24). The van der Waals surface area contributed by atoms with Crippen LogP contribution in [0.25, 0.3) is 0 Å². The molecule has 25 heavy (non-hydrogen) atoms. The van der Waals surface area contributed by atoms with E-state index < -0.39 is 0 Å². The van der Waals surface area contributed by atoms with Crippen LogP contribution >= 0.6 is 0 Å². The minimum absolute atomic E-state index is 0.00411. The lowest BCUT2D eigenvalue weighted by molar-refractivity contribution is -0.129. The molecule has 0 saturated carbocycles. The Labute approximate surface area is 146 Å². The molecule has 6 nitrogen and oxygen atoms in total. The Balaban J connectivity index is 1.30. The Morgan fingerprint density at radius 1 is 1.24 bits per heavy atom. The summed E-state index contributed by atoms with van der Waals surface area (Å²) in [4.78, 5) is 26.5. The summed E-state index contributed by atoms with van der Waals surface area (Å²) in [6, 6.07) is 8.55. The van der Waals surface area contributed by atoms with Crippen molar-refractivity contribution in [3.8, 4) is 0 Å². The topological polar surface area (TPSA) is 78.1 Å². The van der Waals surface area contributed by atoms with Gasteiger partial charge in [-0.3, -0.25) is 14.7 Å². The molecule has 1 aliphatic heterocycles. The van der Waals surface area contributed by atoms with Crippen LogP contribution in [0.5, 0.6) is 0 Å². The van der Waals surface area contributed by atoms with E-state index in [1.54, 1.807) is 12.4 Å². The van der Waals surface area contributed by atoms with E-state index in [1.807, 2.05) is 4.90 Å². The van der Waals surface area contributed by atoms with Gasteiger partial charge in [-0.05, 0) is 36.0 Å². The molecule has 0 bridgehead atoms. The number of aromatic nitrogens is 2. The Morgan fingerprint density at radius 3 is 2.68 bits per heavy atom. The summed E-state index contributed by atoms with van der Waals surface area (Å²) >= 11 is 0. The molecule has 2 N–H and O–H groups in total. The maximum absolute atomic E-state index is 12.4. The molecule has 1 aromatic carbocycles. The van der Waals surface area contributed by atoms with Gasteiger partial charge in [-0.15, -0.1) is 0 Å². The number of nitrogens with one attached hydrogen (secondary N) is 2. The number of H-pyrrole nitrogens is 1. The first-order valence-corrected chi connectivity index (χ1v) is 8.82. The second kappa shape index (κ2) is 6.70. The van der Waals surface area contributed by atoms with Crippen molar-refractivity contribution in [1.82, 2.24) is 20.4 Å². The van der Waals surface area contributed by atoms with Crippen LogP contribution in [0.4, 0.5) is 0 Å². The number of fused-ring (bicyclic) bond motifs is 1. The van der Waals surface area contributed by atoms with E-state index in [0.717, 1.165) is 18.4 Å². The van der Waals surface area contributed by atoms with Gasteiger partial charge in [-0.25, -0.2) is 0 Å². The number of nitrogens with zero attached hydrogens (tertiary/aromatic N) is 2.